The van der Waals surface area contributed by atoms with Crippen molar-refractivity contribution in [3.8, 4) is 0 Å². The molecule has 1 aromatic heterocycles. The minimum Gasteiger partial charge on any atom is -0.343 e. The number of carbonyl (C=O) groups excluding carboxylic acids is 1. The molecule has 2 aromatic carbocycles. The van der Waals surface area contributed by atoms with Crippen molar-refractivity contribution < 1.29 is 9.18 Å². The SMILES string of the molecule is C[C@@H]1Cc2cccc3c(=O)c(C(=O)Nc4cccc(F)c4)cn1c23. The molecule has 0 saturated carbocycles. The van der Waals surface area contributed by atoms with Gasteiger partial charge in [0.1, 0.15) is 11.4 Å². The van der Waals surface area contributed by atoms with Crippen LogP contribution in [0.3, 0.4) is 0 Å². The molecule has 1 N–H and O–H groups in total. The number of anilines is 1. The summed E-state index contributed by atoms with van der Waals surface area (Å²) in [6.45, 7) is 2.05. The van der Waals surface area contributed by atoms with Crippen LogP contribution in [-0.2, 0) is 6.42 Å². The maximum Gasteiger partial charge on any atom is 0.261 e. The average Bonchev–Trinajstić information content (AvgIpc) is 2.87. The lowest BCUT2D eigenvalue weighted by atomic mass is 10.1. The van der Waals surface area contributed by atoms with Gasteiger partial charge in [-0.15, -0.1) is 0 Å². The van der Waals surface area contributed by atoms with Gasteiger partial charge in [-0.3, -0.25) is 9.59 Å². The van der Waals surface area contributed by atoms with E-state index < -0.39 is 11.7 Å². The summed E-state index contributed by atoms with van der Waals surface area (Å²) >= 11 is 0. The van der Waals surface area contributed by atoms with Crippen LogP contribution in [0.15, 0.2) is 53.5 Å². The Hall–Kier alpha value is -2.95. The van der Waals surface area contributed by atoms with Crippen LogP contribution in [0.2, 0.25) is 0 Å². The molecule has 5 heteroatoms. The number of benzene rings is 2. The fourth-order valence-electron chi connectivity index (χ4n) is 3.34. The van der Waals surface area contributed by atoms with Gasteiger partial charge in [0, 0.05) is 23.3 Å². The van der Waals surface area contributed by atoms with Gasteiger partial charge in [0.15, 0.2) is 0 Å². The number of nitrogens with one attached hydrogen (secondary N) is 1. The Labute approximate surface area is 137 Å². The third kappa shape index (κ3) is 2.21. The van der Waals surface area contributed by atoms with Crippen LogP contribution in [0, 0.1) is 5.82 Å². The molecule has 120 valence electrons. The van der Waals surface area contributed by atoms with E-state index in [9.17, 15) is 14.0 Å². The van der Waals surface area contributed by atoms with Crippen molar-refractivity contribution in [3.63, 3.8) is 0 Å². The lowest BCUT2D eigenvalue weighted by Crippen LogP contribution is -2.23. The quantitative estimate of drug-likeness (QED) is 0.785. The third-order valence-electron chi connectivity index (χ3n) is 4.45. The molecule has 0 radical (unpaired) electrons. The zero-order valence-corrected chi connectivity index (χ0v) is 13.0. The second-order valence-electron chi connectivity index (χ2n) is 6.11. The Balaban J connectivity index is 1.82. The van der Waals surface area contributed by atoms with Crippen molar-refractivity contribution in [1.82, 2.24) is 4.57 Å². The van der Waals surface area contributed by atoms with Crippen molar-refractivity contribution in [3.05, 3.63) is 75.8 Å². The van der Waals surface area contributed by atoms with Gasteiger partial charge in [-0.05, 0) is 43.2 Å². The zero-order valence-electron chi connectivity index (χ0n) is 13.0. The van der Waals surface area contributed by atoms with E-state index in [2.05, 4.69) is 12.2 Å². The largest absolute Gasteiger partial charge is 0.343 e. The first-order valence-electron chi connectivity index (χ1n) is 7.78. The van der Waals surface area contributed by atoms with E-state index in [-0.39, 0.29) is 17.0 Å². The number of rotatable bonds is 2. The molecule has 4 rings (SSSR count). The molecular formula is C19H15FN2O2. The van der Waals surface area contributed by atoms with Gasteiger partial charge >= 0.3 is 0 Å². The Bertz CT molecular complexity index is 1040. The predicted octanol–water partition coefficient (Wildman–Crippen LogP) is 3.51. The Morgan fingerprint density at radius 1 is 1.25 bits per heavy atom. The zero-order chi connectivity index (χ0) is 16.8. The number of hydrogen-bond donors (Lipinski definition) is 1. The molecule has 1 aliphatic rings. The molecule has 3 aromatic rings. The number of para-hydroxylation sites is 1. The average molecular weight is 322 g/mol. The highest BCUT2D eigenvalue weighted by molar-refractivity contribution is 6.06. The molecule has 0 bridgehead atoms. The van der Waals surface area contributed by atoms with Gasteiger partial charge in [-0.25, -0.2) is 4.39 Å². The highest BCUT2D eigenvalue weighted by Gasteiger charge is 2.24. The van der Waals surface area contributed by atoms with Gasteiger partial charge in [-0.1, -0.05) is 18.2 Å². The van der Waals surface area contributed by atoms with Crippen LogP contribution in [0.25, 0.3) is 10.9 Å². The first kappa shape index (κ1) is 14.6. The molecule has 24 heavy (non-hydrogen) atoms. The molecule has 0 unspecified atom stereocenters. The fourth-order valence-corrected chi connectivity index (χ4v) is 3.34. The number of aromatic nitrogens is 1. The predicted molar refractivity (Wildman–Crippen MR) is 91.0 cm³/mol. The molecule has 0 spiro atoms. The van der Waals surface area contributed by atoms with Crippen LogP contribution in [0.4, 0.5) is 10.1 Å². The number of pyridine rings is 1. The lowest BCUT2D eigenvalue weighted by molar-refractivity contribution is 0.102. The number of nitrogens with zero attached hydrogens (tertiary/aromatic N) is 1. The number of halogens is 1. The van der Waals surface area contributed by atoms with Gasteiger partial charge < -0.3 is 9.88 Å². The molecule has 2 heterocycles. The van der Waals surface area contributed by atoms with Crippen LogP contribution < -0.4 is 10.7 Å². The van der Waals surface area contributed by atoms with E-state index in [1.807, 2.05) is 16.7 Å². The van der Waals surface area contributed by atoms with E-state index in [1.165, 1.54) is 18.2 Å². The Morgan fingerprint density at radius 3 is 2.83 bits per heavy atom. The maximum atomic E-state index is 13.3. The summed E-state index contributed by atoms with van der Waals surface area (Å²) in [5.41, 5.74) is 2.11. The van der Waals surface area contributed by atoms with Crippen molar-refractivity contribution in [2.75, 3.05) is 5.32 Å². The third-order valence-corrected chi connectivity index (χ3v) is 4.45. The van der Waals surface area contributed by atoms with E-state index >= 15 is 0 Å². The van der Waals surface area contributed by atoms with Crippen LogP contribution in [-0.4, -0.2) is 10.5 Å². The first-order chi connectivity index (χ1) is 11.5. The van der Waals surface area contributed by atoms with Gasteiger partial charge in [0.25, 0.3) is 5.91 Å². The van der Waals surface area contributed by atoms with E-state index in [0.717, 1.165) is 17.5 Å². The van der Waals surface area contributed by atoms with E-state index in [1.54, 1.807) is 18.3 Å². The molecule has 0 fully saturated rings. The summed E-state index contributed by atoms with van der Waals surface area (Å²) < 4.78 is 15.2. The van der Waals surface area contributed by atoms with Crippen molar-refractivity contribution in [2.24, 2.45) is 0 Å². The number of carbonyl (C=O) groups is 1. The molecule has 4 nitrogen and oxygen atoms in total. The van der Waals surface area contributed by atoms with Crippen molar-refractivity contribution in [2.45, 2.75) is 19.4 Å². The summed E-state index contributed by atoms with van der Waals surface area (Å²) in [5.74, 6) is -0.972. The number of hydrogen-bond acceptors (Lipinski definition) is 2. The van der Waals surface area contributed by atoms with E-state index in [0.29, 0.717) is 11.1 Å². The Kier molecular flexibility index (Phi) is 3.23. The lowest BCUT2D eigenvalue weighted by Gasteiger charge is -2.12. The van der Waals surface area contributed by atoms with Crippen molar-refractivity contribution in [1.29, 1.82) is 0 Å². The first-order valence-corrected chi connectivity index (χ1v) is 7.78. The fraction of sp³-hybridized carbons (Fsp3) is 0.158. The maximum absolute atomic E-state index is 13.3. The molecule has 1 aliphatic heterocycles. The van der Waals surface area contributed by atoms with Crippen molar-refractivity contribution >= 4 is 22.5 Å². The molecule has 0 saturated heterocycles. The molecule has 0 aliphatic carbocycles. The highest BCUT2D eigenvalue weighted by atomic mass is 19.1. The van der Waals surface area contributed by atoms with Gasteiger partial charge in [-0.2, -0.15) is 0 Å². The summed E-state index contributed by atoms with van der Waals surface area (Å²) in [4.78, 5) is 25.3. The van der Waals surface area contributed by atoms with Crippen LogP contribution in [0.5, 0.6) is 0 Å². The molecular weight excluding hydrogens is 307 g/mol. The highest BCUT2D eigenvalue weighted by Crippen LogP contribution is 2.30. The second kappa shape index (κ2) is 5.30. The normalized spacial score (nSPS) is 15.7. The minimum absolute atomic E-state index is 0.0673. The standard InChI is InChI=1S/C19H15FN2O2/c1-11-8-12-4-2-7-15-17(12)22(11)10-16(18(15)23)19(24)21-14-6-3-5-13(20)9-14/h2-7,9-11H,8H2,1H3,(H,21,24)/t11-/m1/s1. The van der Waals surface area contributed by atoms with Gasteiger partial charge in [0.2, 0.25) is 5.43 Å². The summed E-state index contributed by atoms with van der Waals surface area (Å²) in [6.07, 6.45) is 2.45. The number of amides is 1. The topological polar surface area (TPSA) is 51.1 Å². The monoisotopic (exact) mass is 322 g/mol. The van der Waals surface area contributed by atoms with Gasteiger partial charge in [0.05, 0.1) is 5.52 Å². The summed E-state index contributed by atoms with van der Waals surface area (Å²) in [7, 11) is 0. The molecule has 1 amide bonds. The van der Waals surface area contributed by atoms with E-state index in [4.69, 9.17) is 0 Å². The summed E-state index contributed by atoms with van der Waals surface area (Å²) in [6, 6.07) is 11.4. The minimum atomic E-state index is -0.527. The Morgan fingerprint density at radius 2 is 2.04 bits per heavy atom. The van der Waals surface area contributed by atoms with Crippen LogP contribution in [0.1, 0.15) is 28.9 Å². The summed E-state index contributed by atoms with van der Waals surface area (Å²) in [5, 5.41) is 3.14. The van der Waals surface area contributed by atoms with Crippen LogP contribution >= 0.6 is 0 Å². The second-order valence-corrected chi connectivity index (χ2v) is 6.11. The smallest absolute Gasteiger partial charge is 0.261 e. The molecule has 1 atom stereocenters.